The van der Waals surface area contributed by atoms with Crippen LogP contribution >= 0.6 is 0 Å². The summed E-state index contributed by atoms with van der Waals surface area (Å²) in [7, 11) is 0. The van der Waals surface area contributed by atoms with Gasteiger partial charge in [0.15, 0.2) is 6.61 Å². The van der Waals surface area contributed by atoms with E-state index < -0.39 is 11.4 Å². The lowest BCUT2D eigenvalue weighted by Crippen LogP contribution is -2.45. The molecule has 2 aliphatic rings. The molecule has 1 aromatic carbocycles. The van der Waals surface area contributed by atoms with Crippen LogP contribution in [0.4, 0.5) is 0 Å². The number of carboxylic acids is 1. The molecule has 0 unspecified atom stereocenters. The van der Waals surface area contributed by atoms with E-state index in [2.05, 4.69) is 0 Å². The fourth-order valence-corrected chi connectivity index (χ4v) is 3.74. The van der Waals surface area contributed by atoms with Crippen LogP contribution in [0.25, 0.3) is 0 Å². The number of likely N-dealkylation sites (tertiary alicyclic amines) is 1. The summed E-state index contributed by atoms with van der Waals surface area (Å²) >= 11 is 0. The third kappa shape index (κ3) is 2.86. The number of carboxylic acid groups (broad SMARTS) is 1. The third-order valence-corrected chi connectivity index (χ3v) is 5.23. The van der Waals surface area contributed by atoms with Crippen LogP contribution in [0.5, 0.6) is 5.75 Å². The van der Waals surface area contributed by atoms with Crippen molar-refractivity contribution in [2.24, 2.45) is 11.3 Å². The number of hydrogen-bond donors (Lipinski definition) is 1. The number of aliphatic carboxylic acids is 1. The average molecular weight is 333 g/mol. The molecule has 0 aromatic heterocycles. The van der Waals surface area contributed by atoms with Crippen molar-refractivity contribution in [3.63, 3.8) is 0 Å². The quantitative estimate of drug-likeness (QED) is 0.906. The summed E-state index contributed by atoms with van der Waals surface area (Å²) in [5.41, 5.74) is 1.09. The van der Waals surface area contributed by atoms with Crippen LogP contribution in [0.1, 0.15) is 17.5 Å². The molecular weight excluding hydrogens is 310 g/mol. The molecule has 1 amide bonds. The molecule has 0 saturated carbocycles. The zero-order valence-corrected chi connectivity index (χ0v) is 14.1. The van der Waals surface area contributed by atoms with E-state index in [4.69, 9.17) is 9.47 Å². The number of fused-ring (bicyclic) bond motifs is 1. The van der Waals surface area contributed by atoms with E-state index in [1.807, 2.05) is 32.0 Å². The van der Waals surface area contributed by atoms with Gasteiger partial charge in [-0.1, -0.05) is 18.2 Å². The number of carbonyl (C=O) groups excluding carboxylic acids is 1. The molecule has 0 spiro atoms. The van der Waals surface area contributed by atoms with Gasteiger partial charge in [0.1, 0.15) is 5.75 Å². The van der Waals surface area contributed by atoms with E-state index in [9.17, 15) is 14.7 Å². The highest BCUT2D eigenvalue weighted by Crippen LogP contribution is 2.42. The summed E-state index contributed by atoms with van der Waals surface area (Å²) in [6, 6.07) is 5.82. The van der Waals surface area contributed by atoms with Gasteiger partial charge in [-0.25, -0.2) is 0 Å². The predicted octanol–water partition coefficient (Wildman–Crippen LogP) is 1.63. The van der Waals surface area contributed by atoms with Crippen molar-refractivity contribution < 1.29 is 24.2 Å². The summed E-state index contributed by atoms with van der Waals surface area (Å²) < 4.78 is 11.1. The standard InChI is InChI=1S/C18H23NO5/c1-12-4-3-5-13(2)16(12)24-10-15(20)19-8-14-9-23-7-6-18(14,11-19)17(21)22/h3-5,14H,6-11H2,1-2H3,(H,21,22)/t14-,18+/m0/s1. The molecule has 1 aromatic rings. The van der Waals surface area contributed by atoms with Gasteiger partial charge in [0.05, 0.1) is 12.0 Å². The van der Waals surface area contributed by atoms with Crippen LogP contribution in [0.2, 0.25) is 0 Å². The van der Waals surface area contributed by atoms with Crippen molar-refractivity contribution in [1.82, 2.24) is 4.90 Å². The molecule has 24 heavy (non-hydrogen) atoms. The topological polar surface area (TPSA) is 76.1 Å². The Hall–Kier alpha value is -2.08. The Labute approximate surface area is 141 Å². The number of carbonyl (C=O) groups is 2. The van der Waals surface area contributed by atoms with Crippen LogP contribution < -0.4 is 4.74 Å². The highest BCUT2D eigenvalue weighted by molar-refractivity contribution is 5.82. The molecule has 2 aliphatic heterocycles. The van der Waals surface area contributed by atoms with E-state index in [1.54, 1.807) is 4.90 Å². The van der Waals surface area contributed by atoms with Gasteiger partial charge in [-0.3, -0.25) is 9.59 Å². The number of nitrogens with zero attached hydrogens (tertiary/aromatic N) is 1. The van der Waals surface area contributed by atoms with Crippen molar-refractivity contribution in [3.05, 3.63) is 29.3 Å². The summed E-state index contributed by atoms with van der Waals surface area (Å²) in [4.78, 5) is 25.9. The van der Waals surface area contributed by atoms with Crippen molar-refractivity contribution in [2.45, 2.75) is 20.3 Å². The Morgan fingerprint density at radius 2 is 2.08 bits per heavy atom. The fraction of sp³-hybridized carbons (Fsp3) is 0.556. The molecule has 2 heterocycles. The van der Waals surface area contributed by atoms with Crippen LogP contribution in [0, 0.1) is 25.2 Å². The molecule has 2 atom stereocenters. The Morgan fingerprint density at radius 1 is 1.38 bits per heavy atom. The van der Waals surface area contributed by atoms with Gasteiger partial charge in [-0.05, 0) is 31.4 Å². The molecule has 130 valence electrons. The third-order valence-electron chi connectivity index (χ3n) is 5.23. The smallest absolute Gasteiger partial charge is 0.311 e. The molecule has 2 saturated heterocycles. The van der Waals surface area contributed by atoms with Crippen LogP contribution in [-0.2, 0) is 14.3 Å². The summed E-state index contributed by atoms with van der Waals surface area (Å²) in [5, 5.41) is 9.65. The maximum Gasteiger partial charge on any atom is 0.311 e. The number of rotatable bonds is 4. The van der Waals surface area contributed by atoms with Gasteiger partial charge in [-0.15, -0.1) is 0 Å². The maximum atomic E-state index is 12.5. The minimum atomic E-state index is -0.869. The highest BCUT2D eigenvalue weighted by atomic mass is 16.5. The number of amides is 1. The Bertz CT molecular complexity index is 639. The second-order valence-corrected chi connectivity index (χ2v) is 6.77. The van der Waals surface area contributed by atoms with Gasteiger partial charge in [0.2, 0.25) is 0 Å². The lowest BCUT2D eigenvalue weighted by Gasteiger charge is -2.33. The van der Waals surface area contributed by atoms with Crippen LogP contribution in [0.3, 0.4) is 0 Å². The largest absolute Gasteiger partial charge is 0.483 e. The molecule has 0 bridgehead atoms. The molecule has 0 aliphatic carbocycles. The number of benzene rings is 1. The van der Waals surface area contributed by atoms with Crippen molar-refractivity contribution in [3.8, 4) is 5.75 Å². The molecular formula is C18H23NO5. The van der Waals surface area contributed by atoms with E-state index >= 15 is 0 Å². The zero-order chi connectivity index (χ0) is 17.3. The van der Waals surface area contributed by atoms with Gasteiger partial charge in [-0.2, -0.15) is 0 Å². The lowest BCUT2D eigenvalue weighted by atomic mass is 9.74. The molecule has 6 heteroatoms. The molecule has 6 nitrogen and oxygen atoms in total. The minimum Gasteiger partial charge on any atom is -0.483 e. The van der Waals surface area contributed by atoms with E-state index in [0.29, 0.717) is 26.2 Å². The first-order chi connectivity index (χ1) is 11.4. The summed E-state index contributed by atoms with van der Waals surface area (Å²) in [6.07, 6.45) is 0.453. The van der Waals surface area contributed by atoms with Crippen molar-refractivity contribution in [2.75, 3.05) is 32.9 Å². The first-order valence-electron chi connectivity index (χ1n) is 8.22. The number of para-hydroxylation sites is 1. The van der Waals surface area contributed by atoms with E-state index in [-0.39, 0.29) is 25.0 Å². The second kappa shape index (κ2) is 6.43. The summed E-state index contributed by atoms with van der Waals surface area (Å²) in [5.74, 6) is -0.430. The van der Waals surface area contributed by atoms with E-state index in [0.717, 1.165) is 16.9 Å². The first kappa shape index (κ1) is 16.8. The lowest BCUT2D eigenvalue weighted by molar-refractivity contribution is -0.157. The predicted molar refractivity (Wildman–Crippen MR) is 87.0 cm³/mol. The second-order valence-electron chi connectivity index (χ2n) is 6.77. The van der Waals surface area contributed by atoms with Crippen LogP contribution in [0.15, 0.2) is 18.2 Å². The highest BCUT2D eigenvalue weighted by Gasteiger charge is 2.54. The van der Waals surface area contributed by atoms with Gasteiger partial charge >= 0.3 is 5.97 Å². The van der Waals surface area contributed by atoms with Gasteiger partial charge < -0.3 is 19.5 Å². The number of hydrogen-bond acceptors (Lipinski definition) is 4. The van der Waals surface area contributed by atoms with Crippen molar-refractivity contribution in [1.29, 1.82) is 0 Å². The molecule has 3 rings (SSSR count). The van der Waals surface area contributed by atoms with Crippen molar-refractivity contribution >= 4 is 11.9 Å². The Morgan fingerprint density at radius 3 is 2.71 bits per heavy atom. The van der Waals surface area contributed by atoms with Gasteiger partial charge in [0.25, 0.3) is 5.91 Å². The number of ether oxygens (including phenoxy) is 2. The summed E-state index contributed by atoms with van der Waals surface area (Å²) in [6.45, 7) is 5.29. The maximum absolute atomic E-state index is 12.5. The molecule has 0 radical (unpaired) electrons. The Kier molecular flexibility index (Phi) is 4.49. The molecule has 1 N–H and O–H groups in total. The van der Waals surface area contributed by atoms with Crippen LogP contribution in [-0.4, -0.2) is 54.8 Å². The normalized spacial score (nSPS) is 26.1. The zero-order valence-electron chi connectivity index (χ0n) is 14.1. The SMILES string of the molecule is Cc1cccc(C)c1OCC(=O)N1C[C@H]2COCC[C@@]2(C(=O)O)C1. The molecule has 2 fully saturated rings. The monoisotopic (exact) mass is 333 g/mol. The van der Waals surface area contributed by atoms with E-state index in [1.165, 1.54) is 0 Å². The fourth-order valence-electron chi connectivity index (χ4n) is 3.74. The van der Waals surface area contributed by atoms with Gasteiger partial charge in [0, 0.05) is 25.6 Å². The number of aryl methyl sites for hydroxylation is 2. The first-order valence-corrected chi connectivity index (χ1v) is 8.22. The average Bonchev–Trinajstić information content (AvgIpc) is 2.95. The Balaban J connectivity index is 1.67. The minimum absolute atomic E-state index is 0.0744.